The molecule has 0 aromatic heterocycles. The van der Waals surface area contributed by atoms with Crippen LogP contribution < -0.4 is 21.3 Å². The Labute approximate surface area is 649 Å². The highest BCUT2D eigenvalue weighted by molar-refractivity contribution is 5.78. The van der Waals surface area contributed by atoms with Gasteiger partial charge in [-0.2, -0.15) is 0 Å². The summed E-state index contributed by atoms with van der Waals surface area (Å²) in [4.78, 5) is 90.3. The van der Waals surface area contributed by atoms with Crippen LogP contribution in [0.25, 0.3) is 0 Å². The summed E-state index contributed by atoms with van der Waals surface area (Å²) in [5, 5.41) is 235. The highest BCUT2D eigenvalue weighted by atomic mass is 16.8. The van der Waals surface area contributed by atoms with E-state index >= 15 is 0 Å². The van der Waals surface area contributed by atoms with E-state index in [0.717, 1.165) is 59.8 Å². The van der Waals surface area contributed by atoms with Gasteiger partial charge in [-0.1, -0.05) is 83.3 Å². The van der Waals surface area contributed by atoms with Gasteiger partial charge >= 0.3 is 17.9 Å². The third-order valence-corrected chi connectivity index (χ3v) is 20.3. The number of carbonyl (C=O) groups is 7. The molecular weight excluding hydrogens is 1520 g/mol. The Morgan fingerprint density at radius 2 is 0.929 bits per heavy atom. The normalized spacial score (nSPS) is 37.9. The summed E-state index contributed by atoms with van der Waals surface area (Å²) < 4.78 is 76.3. The lowest BCUT2D eigenvalue weighted by Gasteiger charge is -2.53. The van der Waals surface area contributed by atoms with Gasteiger partial charge in [0.25, 0.3) is 11.6 Å². The standard InChI is InChI=1S/C69H116N4O40/c1-6-7-8-9-10-11-12-13-14-15-16-17-18-19-35(85)34(70-29-80)28-101-63-54(95)52(93)56(42(26-78)105-63)107-65-55(96)61(57(43(27-79)106-65)108-62-46(73-32(4)83)58(48(89)40(24-76)103-62)109-64-53(94)51(92)47(88)38(22-74)104-64)113-69(67(99)100)21-37(87)45(72-31(3)82)60(112-69)50(91)41(25-77)110-68(66(97)98)20-36(86)44(71-30(2)81)59(111-68)49(90)39(23-75)102-33(5)84/h18-19,29,34-65,74-79,85-96H,6-17,20-28H2,1-5H3,(H,70,80)(H,71,81)(H,72,82)(H,73,83)(H,97,98)(H,99,100)/b19-18+/t34-,35+,36-,37-,38+,39+,40+,41+,42+,43+,44+,45+,46+,47-,48-,49+,50+,51-,52+,53+,54+,55+,56+,57-,58+,59+,60+,61+,62-,63+,64-,65-,68+,69-/m0/s1. The van der Waals surface area contributed by atoms with Crippen molar-refractivity contribution < 1.29 is 197 Å². The smallest absolute Gasteiger partial charge is 0.364 e. The second-order valence-corrected chi connectivity index (χ2v) is 28.8. The maximum Gasteiger partial charge on any atom is 0.364 e. The zero-order valence-corrected chi connectivity index (χ0v) is 63.2. The topological polar surface area (TPSA) is 692 Å². The van der Waals surface area contributed by atoms with Crippen LogP contribution >= 0.6 is 0 Å². The molecule has 0 aromatic carbocycles. The summed E-state index contributed by atoms with van der Waals surface area (Å²) in [7, 11) is 0. The summed E-state index contributed by atoms with van der Waals surface area (Å²) in [5.74, 6) is -15.9. The number of allylic oxidation sites excluding steroid dienone is 1. The molecule has 6 heterocycles. The molecule has 44 nitrogen and oxygen atoms in total. The Bertz CT molecular complexity index is 2970. The Kier molecular flexibility index (Phi) is 39.1. The molecular formula is C69H116N4O40. The molecule has 44 heteroatoms. The van der Waals surface area contributed by atoms with Gasteiger partial charge in [-0.3, -0.25) is 24.0 Å². The number of hydrogen-bond donors (Lipinski definition) is 24. The molecule has 652 valence electrons. The number of esters is 1. The van der Waals surface area contributed by atoms with E-state index in [1.165, 1.54) is 44.6 Å². The van der Waals surface area contributed by atoms with E-state index in [4.69, 9.17) is 61.6 Å². The van der Waals surface area contributed by atoms with E-state index in [1.54, 1.807) is 6.08 Å². The highest BCUT2D eigenvalue weighted by Crippen LogP contribution is 2.43. The van der Waals surface area contributed by atoms with Crippen molar-refractivity contribution in [3.63, 3.8) is 0 Å². The number of rotatable bonds is 45. The third-order valence-electron chi connectivity index (χ3n) is 20.3. The summed E-state index contributed by atoms with van der Waals surface area (Å²) in [6.45, 7) is -2.46. The minimum Gasteiger partial charge on any atom is -0.477 e. The summed E-state index contributed by atoms with van der Waals surface area (Å²) in [6, 6.07) is -7.20. The zero-order chi connectivity index (χ0) is 83.9. The van der Waals surface area contributed by atoms with E-state index in [1.807, 2.05) is 0 Å². The van der Waals surface area contributed by atoms with Crippen LogP contribution in [0.4, 0.5) is 0 Å². The maximum atomic E-state index is 14.3. The average molecular weight is 1640 g/mol. The lowest BCUT2D eigenvalue weighted by atomic mass is 9.87. The van der Waals surface area contributed by atoms with Crippen molar-refractivity contribution >= 4 is 42.0 Å². The number of nitrogens with one attached hydrogen (secondary N) is 4. The Balaban J connectivity index is 1.38. The molecule has 34 atom stereocenters. The molecule has 6 aliphatic rings. The predicted octanol–water partition coefficient (Wildman–Crippen LogP) is -9.93. The van der Waals surface area contributed by atoms with Crippen molar-refractivity contribution in [2.45, 2.75) is 332 Å². The molecule has 0 spiro atoms. The molecule has 6 fully saturated rings. The Morgan fingerprint density at radius 3 is 1.44 bits per heavy atom. The molecule has 0 aliphatic carbocycles. The minimum absolute atomic E-state index is 0.263. The summed E-state index contributed by atoms with van der Waals surface area (Å²) in [5.41, 5.74) is 0. The van der Waals surface area contributed by atoms with Crippen molar-refractivity contribution in [2.24, 2.45) is 0 Å². The summed E-state index contributed by atoms with van der Waals surface area (Å²) in [6.07, 6.45) is -48.8. The second kappa shape index (κ2) is 45.7. The Hall–Kier alpha value is -5.17. The maximum absolute atomic E-state index is 14.3. The molecule has 6 rings (SSSR count). The number of carboxylic acids is 2. The minimum atomic E-state index is -3.70. The summed E-state index contributed by atoms with van der Waals surface area (Å²) >= 11 is 0. The number of aliphatic carboxylic acids is 2. The average Bonchev–Trinajstić information content (AvgIpc) is 0.749. The molecule has 0 aromatic rings. The largest absolute Gasteiger partial charge is 0.477 e. The molecule has 113 heavy (non-hydrogen) atoms. The fourth-order valence-electron chi connectivity index (χ4n) is 14.4. The quantitative estimate of drug-likeness (QED) is 0.0116. The monoisotopic (exact) mass is 1640 g/mol. The second-order valence-electron chi connectivity index (χ2n) is 28.8. The van der Waals surface area contributed by atoms with Crippen LogP contribution in [0.15, 0.2) is 12.2 Å². The fraction of sp³-hybridized carbons (Fsp3) is 0.870. The lowest BCUT2D eigenvalue weighted by molar-refractivity contribution is -0.404. The zero-order valence-electron chi connectivity index (χ0n) is 63.2. The highest BCUT2D eigenvalue weighted by Gasteiger charge is 2.64. The van der Waals surface area contributed by atoms with Crippen molar-refractivity contribution in [1.29, 1.82) is 0 Å². The molecule has 0 radical (unpaired) electrons. The van der Waals surface area contributed by atoms with E-state index in [-0.39, 0.29) is 6.41 Å². The first kappa shape index (κ1) is 96.7. The van der Waals surface area contributed by atoms with Crippen LogP contribution in [0.3, 0.4) is 0 Å². The van der Waals surface area contributed by atoms with Gasteiger partial charge in [-0.05, 0) is 12.8 Å². The van der Waals surface area contributed by atoms with Crippen LogP contribution in [-0.2, 0) is 95.1 Å². The number of ether oxygens (including phenoxy) is 13. The Morgan fingerprint density at radius 1 is 0.487 bits per heavy atom. The van der Waals surface area contributed by atoms with Gasteiger partial charge in [0.15, 0.2) is 31.3 Å². The molecule has 24 N–H and O–H groups in total. The van der Waals surface area contributed by atoms with E-state index < -0.39 is 302 Å². The van der Waals surface area contributed by atoms with Gasteiger partial charge in [0.05, 0.1) is 82.7 Å². The van der Waals surface area contributed by atoms with Gasteiger partial charge in [0.1, 0.15) is 128 Å². The van der Waals surface area contributed by atoms with Gasteiger partial charge in [0, 0.05) is 40.5 Å². The number of carbonyl (C=O) groups excluding carboxylic acids is 5. The molecule has 0 bridgehead atoms. The fourth-order valence-corrected chi connectivity index (χ4v) is 14.4. The van der Waals surface area contributed by atoms with Crippen LogP contribution in [0.2, 0.25) is 0 Å². The SMILES string of the molecule is CCCCCCCCCCCCC/C=C/[C@@H](O)[C@H](CO[C@@H]1O[C@H](CO)[C@@H](O[C@@H]2O[C@H](CO)[C@H](O[C@@H]3O[C@H](CO)[C@H](O)[C@H](O[C@@H]4O[C@H](CO)[C@H](O)[C@H](O)[C@H]4O)[C@H]3NC(C)=O)[C@H](O[C@]3(C(=O)O)C[C@H](O)[C@@H](NC(C)=O)[C@H]([C@H](O)[C@@H](CO)O[C@]4(C(=O)O)C[C@H](O)[C@@H](NC(C)=O)[C@H]([C@H](O)[C@@H](CO)OC(C)=O)O4)O3)[C@H]2O)[C@H](O)[C@H]1O)NC=O. The predicted molar refractivity (Wildman–Crippen MR) is 371 cm³/mol. The van der Waals surface area contributed by atoms with Gasteiger partial charge in [-0.15, -0.1) is 0 Å². The lowest BCUT2D eigenvalue weighted by Crippen LogP contribution is -2.73. The van der Waals surface area contributed by atoms with Crippen LogP contribution in [-0.4, -0.2) is 398 Å². The van der Waals surface area contributed by atoms with Crippen molar-refractivity contribution in [1.82, 2.24) is 21.3 Å². The first-order valence-electron chi connectivity index (χ1n) is 37.6. The molecule has 6 aliphatic heterocycles. The molecule has 0 unspecified atom stereocenters. The number of amides is 4. The van der Waals surface area contributed by atoms with E-state index in [2.05, 4.69) is 28.2 Å². The number of aliphatic hydroxyl groups is 18. The van der Waals surface area contributed by atoms with Crippen LogP contribution in [0, 0.1) is 0 Å². The number of aliphatic hydroxyl groups excluding tert-OH is 18. The number of hydrogen-bond acceptors (Lipinski definition) is 38. The van der Waals surface area contributed by atoms with Gasteiger partial charge in [-0.25, -0.2) is 9.59 Å². The molecule has 6 saturated heterocycles. The van der Waals surface area contributed by atoms with E-state index in [9.17, 15) is 136 Å². The van der Waals surface area contributed by atoms with E-state index in [0.29, 0.717) is 6.42 Å². The van der Waals surface area contributed by atoms with Gasteiger partial charge in [0.2, 0.25) is 24.1 Å². The van der Waals surface area contributed by atoms with Crippen molar-refractivity contribution in [3.05, 3.63) is 12.2 Å². The van der Waals surface area contributed by atoms with Gasteiger partial charge < -0.3 is 185 Å². The van der Waals surface area contributed by atoms with Crippen molar-refractivity contribution in [2.75, 3.05) is 46.2 Å². The molecule has 4 amide bonds. The first-order chi connectivity index (χ1) is 53.6. The van der Waals surface area contributed by atoms with Crippen LogP contribution in [0.5, 0.6) is 0 Å². The molecule has 0 saturated carbocycles. The first-order valence-corrected chi connectivity index (χ1v) is 37.6. The van der Waals surface area contributed by atoms with Crippen molar-refractivity contribution in [3.8, 4) is 0 Å². The number of unbranched alkanes of at least 4 members (excludes halogenated alkanes) is 11. The number of carboxylic acid groups (broad SMARTS) is 2. The van der Waals surface area contributed by atoms with Crippen LogP contribution in [0.1, 0.15) is 125 Å². The third kappa shape index (κ3) is 25.2.